The molecule has 7 heteroatoms. The number of carbonyl (C=O) groups excluding carboxylic acids is 4. The molecule has 2 amide bonds. The summed E-state index contributed by atoms with van der Waals surface area (Å²) in [6.07, 6.45) is 3.87. The molecule has 2 aromatic carbocycles. The number of hydrogen-bond acceptors (Lipinski definition) is 5. The SMILES string of the molecule is O=C(NC(CO)C(=O)NC1CCCC1)c1ccc2c(c1)C(=O)c1ccccc1C2=O. The van der Waals surface area contributed by atoms with Gasteiger partial charge in [0.1, 0.15) is 6.04 Å². The molecule has 0 heterocycles. The highest BCUT2D eigenvalue weighted by molar-refractivity contribution is 6.28. The van der Waals surface area contributed by atoms with E-state index in [9.17, 15) is 24.3 Å². The van der Waals surface area contributed by atoms with E-state index in [1.165, 1.54) is 18.2 Å². The zero-order chi connectivity index (χ0) is 21.3. The number of aliphatic hydroxyl groups excluding tert-OH is 1. The van der Waals surface area contributed by atoms with E-state index >= 15 is 0 Å². The van der Waals surface area contributed by atoms with Crippen molar-refractivity contribution in [3.8, 4) is 0 Å². The Bertz CT molecular complexity index is 1040. The van der Waals surface area contributed by atoms with Gasteiger partial charge in [0.2, 0.25) is 5.91 Å². The molecule has 1 atom stereocenters. The quantitative estimate of drug-likeness (QED) is 0.596. The summed E-state index contributed by atoms with van der Waals surface area (Å²) < 4.78 is 0. The topological polar surface area (TPSA) is 113 Å². The van der Waals surface area contributed by atoms with Gasteiger partial charge in [0.25, 0.3) is 5.91 Å². The summed E-state index contributed by atoms with van der Waals surface area (Å²) in [7, 11) is 0. The van der Waals surface area contributed by atoms with Crippen LogP contribution in [0.2, 0.25) is 0 Å². The Balaban J connectivity index is 1.53. The second-order valence-corrected chi connectivity index (χ2v) is 7.66. The average Bonchev–Trinajstić information content (AvgIpc) is 3.28. The zero-order valence-corrected chi connectivity index (χ0v) is 16.3. The van der Waals surface area contributed by atoms with E-state index in [4.69, 9.17) is 0 Å². The standard InChI is InChI=1S/C23H22N2O5/c26-12-19(23(30)24-14-5-1-2-6-14)25-22(29)13-9-10-17-18(11-13)21(28)16-8-4-3-7-15(16)20(17)27/h3-4,7-11,14,19,26H,1-2,5-6,12H2,(H,24,30)(H,25,29). The minimum Gasteiger partial charge on any atom is -0.394 e. The molecule has 0 aliphatic heterocycles. The van der Waals surface area contributed by atoms with Crippen LogP contribution in [0.25, 0.3) is 0 Å². The minimum absolute atomic E-state index is 0.0656. The molecule has 2 aliphatic rings. The van der Waals surface area contributed by atoms with Crippen LogP contribution in [-0.2, 0) is 4.79 Å². The molecule has 1 unspecified atom stereocenters. The van der Waals surface area contributed by atoms with Crippen LogP contribution in [0.4, 0.5) is 0 Å². The van der Waals surface area contributed by atoms with E-state index in [1.54, 1.807) is 24.3 Å². The fraction of sp³-hybridized carbons (Fsp3) is 0.304. The summed E-state index contributed by atoms with van der Waals surface area (Å²) in [5.74, 6) is -1.63. The minimum atomic E-state index is -1.09. The molecule has 154 valence electrons. The van der Waals surface area contributed by atoms with Gasteiger partial charge < -0.3 is 15.7 Å². The number of fused-ring (bicyclic) bond motifs is 2. The third kappa shape index (κ3) is 3.64. The van der Waals surface area contributed by atoms with Crippen LogP contribution in [-0.4, -0.2) is 47.2 Å². The second-order valence-electron chi connectivity index (χ2n) is 7.66. The van der Waals surface area contributed by atoms with Gasteiger partial charge in [-0.1, -0.05) is 37.1 Å². The molecule has 0 aromatic heterocycles. The van der Waals surface area contributed by atoms with Crippen molar-refractivity contribution in [1.82, 2.24) is 10.6 Å². The lowest BCUT2D eigenvalue weighted by atomic mass is 9.83. The van der Waals surface area contributed by atoms with Gasteiger partial charge >= 0.3 is 0 Å². The van der Waals surface area contributed by atoms with Gasteiger partial charge in [-0.3, -0.25) is 19.2 Å². The fourth-order valence-corrected chi connectivity index (χ4v) is 4.05. The first-order valence-corrected chi connectivity index (χ1v) is 10.0. The lowest BCUT2D eigenvalue weighted by Crippen LogP contribution is -2.51. The van der Waals surface area contributed by atoms with Crippen LogP contribution in [0, 0.1) is 0 Å². The average molecular weight is 406 g/mol. The molecular formula is C23H22N2O5. The van der Waals surface area contributed by atoms with Crippen molar-refractivity contribution in [3.63, 3.8) is 0 Å². The van der Waals surface area contributed by atoms with Crippen molar-refractivity contribution in [1.29, 1.82) is 0 Å². The highest BCUT2D eigenvalue weighted by Gasteiger charge is 2.30. The van der Waals surface area contributed by atoms with E-state index in [1.807, 2.05) is 0 Å². The molecule has 3 N–H and O–H groups in total. The molecule has 7 nitrogen and oxygen atoms in total. The normalized spacial score (nSPS) is 16.6. The molecule has 1 fully saturated rings. The van der Waals surface area contributed by atoms with Crippen molar-refractivity contribution in [3.05, 3.63) is 70.3 Å². The first kappa shape index (κ1) is 20.0. The summed E-state index contributed by atoms with van der Waals surface area (Å²) >= 11 is 0. The third-order valence-electron chi connectivity index (χ3n) is 5.69. The van der Waals surface area contributed by atoms with Gasteiger partial charge in [-0.25, -0.2) is 0 Å². The van der Waals surface area contributed by atoms with E-state index in [2.05, 4.69) is 10.6 Å². The number of carbonyl (C=O) groups is 4. The summed E-state index contributed by atoms with van der Waals surface area (Å²) in [4.78, 5) is 50.5. The molecule has 0 spiro atoms. The van der Waals surface area contributed by atoms with Gasteiger partial charge in [0.05, 0.1) is 6.61 Å². The number of aliphatic hydroxyl groups is 1. The van der Waals surface area contributed by atoms with Crippen molar-refractivity contribution in [2.24, 2.45) is 0 Å². The van der Waals surface area contributed by atoms with Crippen LogP contribution in [0.3, 0.4) is 0 Å². The smallest absolute Gasteiger partial charge is 0.252 e. The van der Waals surface area contributed by atoms with E-state index < -0.39 is 24.5 Å². The first-order valence-electron chi connectivity index (χ1n) is 10.0. The van der Waals surface area contributed by atoms with Crippen molar-refractivity contribution >= 4 is 23.4 Å². The Morgan fingerprint density at radius 3 is 2.17 bits per heavy atom. The summed E-state index contributed by atoms with van der Waals surface area (Å²) in [5.41, 5.74) is 1.18. The van der Waals surface area contributed by atoms with E-state index in [0.717, 1.165) is 25.7 Å². The summed E-state index contributed by atoms with van der Waals surface area (Å²) in [6, 6.07) is 9.80. The molecule has 2 aliphatic carbocycles. The Hall–Kier alpha value is -3.32. The Morgan fingerprint density at radius 1 is 0.933 bits per heavy atom. The van der Waals surface area contributed by atoms with Crippen LogP contribution in [0.15, 0.2) is 42.5 Å². The molecule has 4 rings (SSSR count). The third-order valence-corrected chi connectivity index (χ3v) is 5.69. The van der Waals surface area contributed by atoms with Gasteiger partial charge in [0, 0.05) is 33.9 Å². The summed E-state index contributed by atoms with van der Waals surface area (Å²) in [6.45, 7) is -0.542. The predicted octanol–water partition coefficient (Wildman–Crippen LogP) is 1.61. The maximum absolute atomic E-state index is 12.8. The Morgan fingerprint density at radius 2 is 1.53 bits per heavy atom. The number of nitrogens with one attached hydrogen (secondary N) is 2. The van der Waals surface area contributed by atoms with Crippen LogP contribution < -0.4 is 10.6 Å². The monoisotopic (exact) mass is 406 g/mol. The summed E-state index contributed by atoms with van der Waals surface area (Å²) in [5, 5.41) is 14.9. The number of amides is 2. The lowest BCUT2D eigenvalue weighted by Gasteiger charge is -2.20. The number of benzene rings is 2. The van der Waals surface area contributed by atoms with Gasteiger partial charge in [-0.15, -0.1) is 0 Å². The number of ketones is 2. The predicted molar refractivity (Wildman–Crippen MR) is 108 cm³/mol. The van der Waals surface area contributed by atoms with E-state index in [-0.39, 0.29) is 34.3 Å². The van der Waals surface area contributed by atoms with Crippen LogP contribution >= 0.6 is 0 Å². The van der Waals surface area contributed by atoms with Gasteiger partial charge in [-0.2, -0.15) is 0 Å². The molecule has 1 saturated carbocycles. The van der Waals surface area contributed by atoms with Gasteiger partial charge in [0.15, 0.2) is 11.6 Å². The maximum Gasteiger partial charge on any atom is 0.252 e. The number of hydrogen-bond donors (Lipinski definition) is 3. The van der Waals surface area contributed by atoms with Gasteiger partial charge in [-0.05, 0) is 31.0 Å². The molecule has 0 bridgehead atoms. The Labute approximate surface area is 173 Å². The molecule has 30 heavy (non-hydrogen) atoms. The largest absolute Gasteiger partial charge is 0.394 e. The van der Waals surface area contributed by atoms with Crippen molar-refractivity contribution in [2.45, 2.75) is 37.8 Å². The zero-order valence-electron chi connectivity index (χ0n) is 16.3. The molecule has 2 aromatic rings. The van der Waals surface area contributed by atoms with Crippen molar-refractivity contribution < 1.29 is 24.3 Å². The lowest BCUT2D eigenvalue weighted by molar-refractivity contribution is -0.124. The van der Waals surface area contributed by atoms with Crippen molar-refractivity contribution in [2.75, 3.05) is 6.61 Å². The van der Waals surface area contributed by atoms with Crippen LogP contribution in [0.5, 0.6) is 0 Å². The Kier molecular flexibility index (Phi) is 5.46. The highest BCUT2D eigenvalue weighted by atomic mass is 16.3. The molecule has 0 saturated heterocycles. The highest BCUT2D eigenvalue weighted by Crippen LogP contribution is 2.28. The maximum atomic E-state index is 12.8. The molecular weight excluding hydrogens is 384 g/mol. The second kappa shape index (κ2) is 8.20. The number of rotatable bonds is 5. The fourth-order valence-electron chi connectivity index (χ4n) is 4.05. The van der Waals surface area contributed by atoms with Crippen LogP contribution in [0.1, 0.15) is 67.9 Å². The molecule has 0 radical (unpaired) electrons. The van der Waals surface area contributed by atoms with E-state index in [0.29, 0.717) is 11.1 Å². The first-order chi connectivity index (χ1) is 14.5.